The van der Waals surface area contributed by atoms with Gasteiger partial charge in [0.15, 0.2) is 11.5 Å². The van der Waals surface area contributed by atoms with Crippen LogP contribution in [0.2, 0.25) is 10.0 Å². The number of hydrogen-bond acceptors (Lipinski definition) is 6. The van der Waals surface area contributed by atoms with Crippen LogP contribution in [-0.4, -0.2) is 39.3 Å². The standard InChI is InChI=1S/C22H19Cl2N3O5S/c1-32-20-9-5-6-15(22(20)29)13-25-26-21(28)14-27(18-11-16(23)10-17(24)12-18)33(30,31)19-7-3-2-4-8-19/h2-13,29H,14H2,1H3,(H,26,28)/b25-13-. The Hall–Kier alpha value is -3.27. The number of carbonyl (C=O) groups excluding carboxylic acids is 1. The molecule has 0 heterocycles. The van der Waals surface area contributed by atoms with Crippen LogP contribution in [0, 0.1) is 0 Å². The number of hydrazone groups is 1. The molecule has 1 amide bonds. The number of benzene rings is 3. The number of carbonyl (C=O) groups is 1. The van der Waals surface area contributed by atoms with Gasteiger partial charge in [-0.05, 0) is 42.5 Å². The number of phenols is 1. The zero-order valence-corrected chi connectivity index (χ0v) is 19.6. The highest BCUT2D eigenvalue weighted by Crippen LogP contribution is 2.30. The molecule has 0 aliphatic carbocycles. The van der Waals surface area contributed by atoms with Gasteiger partial charge in [-0.1, -0.05) is 47.5 Å². The maximum atomic E-state index is 13.3. The van der Waals surface area contributed by atoms with Crippen LogP contribution < -0.4 is 14.5 Å². The Labute approximate surface area is 201 Å². The first-order valence-corrected chi connectivity index (χ1v) is 11.6. The summed E-state index contributed by atoms with van der Waals surface area (Å²) < 4.78 is 32.5. The topological polar surface area (TPSA) is 108 Å². The van der Waals surface area contributed by atoms with Crippen molar-refractivity contribution in [3.05, 3.63) is 82.3 Å². The molecule has 3 rings (SSSR count). The summed E-state index contributed by atoms with van der Waals surface area (Å²) in [6, 6.07) is 16.6. The van der Waals surface area contributed by atoms with E-state index in [1.165, 1.54) is 43.7 Å². The molecular weight excluding hydrogens is 489 g/mol. The fraction of sp³-hybridized carbons (Fsp3) is 0.0909. The van der Waals surface area contributed by atoms with E-state index in [0.29, 0.717) is 5.56 Å². The Morgan fingerprint density at radius 1 is 1.09 bits per heavy atom. The van der Waals surface area contributed by atoms with Gasteiger partial charge in [0.05, 0.1) is 23.9 Å². The van der Waals surface area contributed by atoms with Crippen LogP contribution in [0.25, 0.3) is 0 Å². The van der Waals surface area contributed by atoms with Crippen LogP contribution in [0.15, 0.2) is 76.7 Å². The fourth-order valence-electron chi connectivity index (χ4n) is 2.87. The Balaban J connectivity index is 1.87. The molecule has 0 saturated carbocycles. The molecule has 0 saturated heterocycles. The van der Waals surface area contributed by atoms with Crippen LogP contribution in [0.4, 0.5) is 5.69 Å². The SMILES string of the molecule is COc1cccc(/C=N\NC(=O)CN(c2cc(Cl)cc(Cl)c2)S(=O)(=O)c2ccccc2)c1O. The summed E-state index contributed by atoms with van der Waals surface area (Å²) in [5.74, 6) is -0.646. The van der Waals surface area contributed by atoms with Crippen molar-refractivity contribution in [2.45, 2.75) is 4.90 Å². The van der Waals surface area contributed by atoms with Crippen molar-refractivity contribution in [3.8, 4) is 11.5 Å². The van der Waals surface area contributed by atoms with E-state index in [1.807, 2.05) is 0 Å². The van der Waals surface area contributed by atoms with E-state index in [-0.39, 0.29) is 32.1 Å². The molecule has 3 aromatic carbocycles. The van der Waals surface area contributed by atoms with Gasteiger partial charge >= 0.3 is 0 Å². The van der Waals surface area contributed by atoms with E-state index >= 15 is 0 Å². The first-order valence-electron chi connectivity index (χ1n) is 9.44. The normalized spacial score (nSPS) is 11.4. The van der Waals surface area contributed by atoms with Crippen LogP contribution >= 0.6 is 23.2 Å². The van der Waals surface area contributed by atoms with Crippen molar-refractivity contribution in [2.75, 3.05) is 18.0 Å². The number of methoxy groups -OCH3 is 1. The molecule has 33 heavy (non-hydrogen) atoms. The Bertz CT molecular complexity index is 1260. The summed E-state index contributed by atoms with van der Waals surface area (Å²) in [4.78, 5) is 12.6. The van der Waals surface area contributed by atoms with Gasteiger partial charge in [-0.25, -0.2) is 13.8 Å². The number of para-hydroxylation sites is 1. The number of phenolic OH excluding ortho intramolecular Hbond substituents is 1. The number of amides is 1. The molecule has 0 aliphatic heterocycles. The first-order chi connectivity index (χ1) is 15.7. The minimum absolute atomic E-state index is 0.0151. The van der Waals surface area contributed by atoms with Gasteiger partial charge in [0.2, 0.25) is 0 Å². The van der Waals surface area contributed by atoms with E-state index in [1.54, 1.807) is 36.4 Å². The molecule has 8 nitrogen and oxygen atoms in total. The van der Waals surface area contributed by atoms with E-state index in [4.69, 9.17) is 27.9 Å². The van der Waals surface area contributed by atoms with E-state index in [0.717, 1.165) is 4.31 Å². The van der Waals surface area contributed by atoms with Crippen molar-refractivity contribution in [2.24, 2.45) is 5.10 Å². The minimum atomic E-state index is -4.13. The highest BCUT2D eigenvalue weighted by Gasteiger charge is 2.27. The predicted octanol–water partition coefficient (Wildman–Crippen LogP) is 4.05. The number of hydrogen-bond donors (Lipinski definition) is 2. The first kappa shape index (κ1) is 24.4. The monoisotopic (exact) mass is 507 g/mol. The van der Waals surface area contributed by atoms with Gasteiger partial charge in [-0.15, -0.1) is 0 Å². The highest BCUT2D eigenvalue weighted by atomic mass is 35.5. The number of anilines is 1. The summed E-state index contributed by atoms with van der Waals surface area (Å²) >= 11 is 12.1. The van der Waals surface area contributed by atoms with Crippen LogP contribution in [-0.2, 0) is 14.8 Å². The average molecular weight is 508 g/mol. The van der Waals surface area contributed by atoms with Crippen LogP contribution in [0.5, 0.6) is 11.5 Å². The molecule has 0 aliphatic rings. The number of aromatic hydroxyl groups is 1. The molecule has 172 valence electrons. The van der Waals surface area contributed by atoms with Gasteiger partial charge < -0.3 is 9.84 Å². The number of nitrogens with zero attached hydrogens (tertiary/aromatic N) is 2. The van der Waals surface area contributed by atoms with Crippen molar-refractivity contribution >= 4 is 51.0 Å². The summed E-state index contributed by atoms with van der Waals surface area (Å²) in [6.45, 7) is -0.602. The molecule has 0 aromatic heterocycles. The van der Waals surface area contributed by atoms with Gasteiger partial charge in [-0.2, -0.15) is 5.10 Å². The van der Waals surface area contributed by atoms with Crippen molar-refractivity contribution in [3.63, 3.8) is 0 Å². The van der Waals surface area contributed by atoms with Crippen molar-refractivity contribution < 1.29 is 23.1 Å². The second-order valence-electron chi connectivity index (χ2n) is 6.64. The zero-order chi connectivity index (χ0) is 24.0. The number of halogens is 2. The summed E-state index contributed by atoms with van der Waals surface area (Å²) in [5.41, 5.74) is 2.66. The van der Waals surface area contributed by atoms with Gasteiger partial charge in [0.1, 0.15) is 6.54 Å². The second-order valence-corrected chi connectivity index (χ2v) is 9.38. The lowest BCUT2D eigenvalue weighted by molar-refractivity contribution is -0.119. The maximum absolute atomic E-state index is 13.3. The van der Waals surface area contributed by atoms with Crippen LogP contribution in [0.3, 0.4) is 0 Å². The summed E-state index contributed by atoms with van der Waals surface area (Å²) in [7, 11) is -2.72. The number of rotatable bonds is 8. The number of ether oxygens (including phenoxy) is 1. The molecule has 0 bridgehead atoms. The molecule has 0 spiro atoms. The lowest BCUT2D eigenvalue weighted by atomic mass is 10.2. The van der Waals surface area contributed by atoms with E-state index in [9.17, 15) is 18.3 Å². The van der Waals surface area contributed by atoms with E-state index in [2.05, 4.69) is 10.5 Å². The van der Waals surface area contributed by atoms with Gasteiger partial charge in [-0.3, -0.25) is 9.10 Å². The number of sulfonamides is 1. The smallest absolute Gasteiger partial charge is 0.264 e. The lowest BCUT2D eigenvalue weighted by Crippen LogP contribution is -2.39. The van der Waals surface area contributed by atoms with Crippen LogP contribution in [0.1, 0.15) is 5.56 Å². The Morgan fingerprint density at radius 3 is 2.39 bits per heavy atom. The molecule has 0 fully saturated rings. The van der Waals surface area contributed by atoms with Gasteiger partial charge in [0.25, 0.3) is 15.9 Å². The molecule has 0 atom stereocenters. The molecule has 3 aromatic rings. The highest BCUT2D eigenvalue weighted by molar-refractivity contribution is 7.92. The zero-order valence-electron chi connectivity index (χ0n) is 17.3. The van der Waals surface area contributed by atoms with Crippen molar-refractivity contribution in [1.29, 1.82) is 0 Å². The number of nitrogens with one attached hydrogen (secondary N) is 1. The molecule has 0 unspecified atom stereocenters. The average Bonchev–Trinajstić information content (AvgIpc) is 2.78. The molecule has 0 radical (unpaired) electrons. The lowest BCUT2D eigenvalue weighted by Gasteiger charge is -2.24. The minimum Gasteiger partial charge on any atom is -0.504 e. The second kappa shape index (κ2) is 10.6. The molecule has 2 N–H and O–H groups in total. The third-order valence-electron chi connectivity index (χ3n) is 4.40. The quantitative estimate of drug-likeness (QED) is 0.353. The third kappa shape index (κ3) is 5.95. The summed E-state index contributed by atoms with van der Waals surface area (Å²) in [6.07, 6.45) is 1.21. The summed E-state index contributed by atoms with van der Waals surface area (Å²) in [5, 5.41) is 14.3. The van der Waals surface area contributed by atoms with E-state index < -0.39 is 22.5 Å². The largest absolute Gasteiger partial charge is 0.504 e. The third-order valence-corrected chi connectivity index (χ3v) is 6.62. The Kier molecular flexibility index (Phi) is 7.80. The Morgan fingerprint density at radius 2 is 1.76 bits per heavy atom. The fourth-order valence-corrected chi connectivity index (χ4v) is 4.81. The molecular formula is C22H19Cl2N3O5S. The maximum Gasteiger partial charge on any atom is 0.264 e. The predicted molar refractivity (Wildman–Crippen MR) is 128 cm³/mol. The molecule has 11 heteroatoms. The van der Waals surface area contributed by atoms with Gasteiger partial charge in [0, 0.05) is 15.6 Å². The van der Waals surface area contributed by atoms with Crippen molar-refractivity contribution in [1.82, 2.24) is 5.43 Å².